The molecule has 0 aliphatic rings. The molecule has 28 heavy (non-hydrogen) atoms. The monoisotopic (exact) mass is 389 g/mol. The van der Waals surface area contributed by atoms with Gasteiger partial charge in [0.05, 0.1) is 27.9 Å². The summed E-state index contributed by atoms with van der Waals surface area (Å²) < 4.78 is 13.8. The van der Waals surface area contributed by atoms with Gasteiger partial charge in [0.15, 0.2) is 0 Å². The second kappa shape index (κ2) is 8.30. The summed E-state index contributed by atoms with van der Waals surface area (Å²) >= 11 is 5.89. The minimum Gasteiger partial charge on any atom is -0.858 e. The van der Waals surface area contributed by atoms with E-state index >= 15 is 0 Å². The highest BCUT2D eigenvalue weighted by Gasteiger charge is 2.15. The van der Waals surface area contributed by atoms with Gasteiger partial charge in [-0.1, -0.05) is 29.8 Å². The van der Waals surface area contributed by atoms with E-state index in [0.717, 1.165) is 6.07 Å². The lowest BCUT2D eigenvalue weighted by Crippen LogP contribution is -2.21. The van der Waals surface area contributed by atoms with Gasteiger partial charge in [0, 0.05) is 6.20 Å². The largest absolute Gasteiger partial charge is 0.858 e. The van der Waals surface area contributed by atoms with Crippen molar-refractivity contribution >= 4 is 17.5 Å². The number of aromatic nitrogens is 1. The molecule has 7 heteroatoms. The fourth-order valence-corrected chi connectivity index (χ4v) is 2.64. The summed E-state index contributed by atoms with van der Waals surface area (Å²) in [7, 11) is 0. The first kappa shape index (κ1) is 19.0. The lowest BCUT2D eigenvalue weighted by atomic mass is 10.0. The Morgan fingerprint density at radius 2 is 1.82 bits per heavy atom. The van der Waals surface area contributed by atoms with Crippen molar-refractivity contribution in [3.05, 3.63) is 99.6 Å². The Bertz CT molecular complexity index is 1110. The van der Waals surface area contributed by atoms with Gasteiger partial charge in [-0.2, -0.15) is 10.5 Å². The summed E-state index contributed by atoms with van der Waals surface area (Å²) in [4.78, 5) is 8.42. The molecule has 3 rings (SSSR count). The SMILES string of the molecule is N#Cc1ccc(C(N=C([O-])c2ccc(C#N)c(F)c2)c2ccc(Cl)cn2)cc1. The van der Waals surface area contributed by atoms with E-state index in [0.29, 0.717) is 21.8 Å². The summed E-state index contributed by atoms with van der Waals surface area (Å²) in [5.41, 5.74) is 1.43. The van der Waals surface area contributed by atoms with Gasteiger partial charge in [0.2, 0.25) is 0 Å². The third kappa shape index (κ3) is 4.15. The van der Waals surface area contributed by atoms with Crippen LogP contribution in [0.5, 0.6) is 0 Å². The summed E-state index contributed by atoms with van der Waals surface area (Å²) in [6.45, 7) is 0. The van der Waals surface area contributed by atoms with Crippen LogP contribution in [-0.4, -0.2) is 10.9 Å². The number of aliphatic imine (C=N–C) groups is 1. The van der Waals surface area contributed by atoms with Crippen LogP contribution in [0.25, 0.3) is 0 Å². The molecule has 0 aliphatic carbocycles. The van der Waals surface area contributed by atoms with Crippen molar-refractivity contribution in [3.8, 4) is 12.1 Å². The predicted octanol–water partition coefficient (Wildman–Crippen LogP) is 3.51. The summed E-state index contributed by atoms with van der Waals surface area (Å²) in [5.74, 6) is -1.45. The zero-order chi connectivity index (χ0) is 20.1. The van der Waals surface area contributed by atoms with Crippen LogP contribution in [0.3, 0.4) is 0 Å². The molecular weight excluding hydrogens is 379 g/mol. The third-order valence-corrected chi connectivity index (χ3v) is 4.19. The molecule has 5 nitrogen and oxygen atoms in total. The minimum atomic E-state index is -0.789. The maximum absolute atomic E-state index is 13.8. The molecule has 2 aromatic carbocycles. The molecule has 0 N–H and O–H groups in total. The quantitative estimate of drug-likeness (QED) is 0.503. The van der Waals surface area contributed by atoms with Crippen molar-refractivity contribution in [3.63, 3.8) is 0 Å². The standard InChI is InChI=1S/C21H12ClFN4O/c22-17-7-8-19(26-12-17)20(14-3-1-13(10-24)2-4-14)27-21(28)15-5-6-16(11-25)18(23)9-15/h1-9,12,20H,(H,27,28)/p-1. The highest BCUT2D eigenvalue weighted by Crippen LogP contribution is 2.26. The molecule has 3 aromatic rings. The van der Waals surface area contributed by atoms with Crippen LogP contribution in [0.1, 0.15) is 34.0 Å². The van der Waals surface area contributed by atoms with E-state index in [2.05, 4.69) is 9.98 Å². The molecule has 1 heterocycles. The number of hydrogen-bond acceptors (Lipinski definition) is 5. The maximum atomic E-state index is 13.8. The lowest BCUT2D eigenvalue weighted by molar-refractivity contribution is -0.213. The molecule has 1 unspecified atom stereocenters. The Labute approximate surface area is 165 Å². The minimum absolute atomic E-state index is 0.0177. The Kier molecular flexibility index (Phi) is 5.64. The highest BCUT2D eigenvalue weighted by atomic mass is 35.5. The lowest BCUT2D eigenvalue weighted by Gasteiger charge is -2.19. The van der Waals surface area contributed by atoms with Crippen molar-refractivity contribution in [2.45, 2.75) is 6.04 Å². The van der Waals surface area contributed by atoms with Crippen molar-refractivity contribution in [2.24, 2.45) is 4.99 Å². The van der Waals surface area contributed by atoms with Crippen LogP contribution in [0, 0.1) is 28.5 Å². The topological polar surface area (TPSA) is 95.9 Å². The predicted molar refractivity (Wildman–Crippen MR) is 99.9 cm³/mol. The molecule has 1 atom stereocenters. The van der Waals surface area contributed by atoms with E-state index in [9.17, 15) is 9.50 Å². The fourth-order valence-electron chi connectivity index (χ4n) is 2.53. The maximum Gasteiger partial charge on any atom is 0.141 e. The van der Waals surface area contributed by atoms with E-state index in [1.165, 1.54) is 18.3 Å². The zero-order valence-corrected chi connectivity index (χ0v) is 15.1. The molecule has 1 aromatic heterocycles. The zero-order valence-electron chi connectivity index (χ0n) is 14.3. The van der Waals surface area contributed by atoms with Crippen LogP contribution in [0.4, 0.5) is 4.39 Å². The normalized spacial score (nSPS) is 12.1. The number of rotatable bonds is 4. The molecule has 0 fully saturated rings. The Morgan fingerprint density at radius 3 is 2.39 bits per heavy atom. The molecular formula is C21H11ClFN4O-. The van der Waals surface area contributed by atoms with E-state index in [-0.39, 0.29) is 11.1 Å². The van der Waals surface area contributed by atoms with Gasteiger partial charge in [-0.05, 0) is 53.4 Å². The van der Waals surface area contributed by atoms with Gasteiger partial charge in [0.25, 0.3) is 0 Å². The smallest absolute Gasteiger partial charge is 0.141 e. The van der Waals surface area contributed by atoms with E-state index in [1.54, 1.807) is 42.5 Å². The van der Waals surface area contributed by atoms with Gasteiger partial charge in [-0.25, -0.2) is 4.39 Å². The van der Waals surface area contributed by atoms with Gasteiger partial charge in [-0.3, -0.25) is 9.98 Å². The third-order valence-electron chi connectivity index (χ3n) is 3.97. The Hall–Kier alpha value is -3.74. The summed E-state index contributed by atoms with van der Waals surface area (Å²) in [6, 6.07) is 16.4. The fraction of sp³-hybridized carbons (Fsp3) is 0.0476. The van der Waals surface area contributed by atoms with Crippen molar-refractivity contribution in [2.75, 3.05) is 0 Å². The van der Waals surface area contributed by atoms with Crippen LogP contribution in [0.2, 0.25) is 5.02 Å². The number of halogens is 2. The molecule has 136 valence electrons. The number of nitrogens with zero attached hydrogens (tertiary/aromatic N) is 4. The van der Waals surface area contributed by atoms with Crippen molar-refractivity contribution < 1.29 is 9.50 Å². The molecule has 0 spiro atoms. The number of nitriles is 2. The van der Waals surface area contributed by atoms with Crippen LogP contribution in [0.15, 0.2) is 65.8 Å². The first-order chi connectivity index (χ1) is 13.5. The molecule has 0 radical (unpaired) electrons. The summed E-state index contributed by atoms with van der Waals surface area (Å²) in [5, 5.41) is 30.8. The van der Waals surface area contributed by atoms with Crippen molar-refractivity contribution in [1.29, 1.82) is 10.5 Å². The van der Waals surface area contributed by atoms with Gasteiger partial charge >= 0.3 is 0 Å². The number of benzene rings is 2. The highest BCUT2D eigenvalue weighted by molar-refractivity contribution is 6.30. The average molecular weight is 390 g/mol. The van der Waals surface area contributed by atoms with Gasteiger partial charge in [-0.15, -0.1) is 0 Å². The van der Waals surface area contributed by atoms with Gasteiger partial charge in [0.1, 0.15) is 17.9 Å². The van der Waals surface area contributed by atoms with Crippen LogP contribution in [-0.2, 0) is 0 Å². The first-order valence-corrected chi connectivity index (χ1v) is 8.46. The molecule has 0 aliphatic heterocycles. The van der Waals surface area contributed by atoms with Crippen LogP contribution >= 0.6 is 11.6 Å². The second-order valence-corrected chi connectivity index (χ2v) is 6.21. The van der Waals surface area contributed by atoms with E-state index in [4.69, 9.17) is 22.1 Å². The molecule has 0 saturated heterocycles. The second-order valence-electron chi connectivity index (χ2n) is 5.78. The van der Waals surface area contributed by atoms with E-state index < -0.39 is 17.8 Å². The Balaban J connectivity index is 2.06. The number of hydrogen-bond donors (Lipinski definition) is 0. The Morgan fingerprint density at radius 1 is 1.07 bits per heavy atom. The molecule has 0 saturated carbocycles. The van der Waals surface area contributed by atoms with Crippen LogP contribution < -0.4 is 5.11 Å². The van der Waals surface area contributed by atoms with Crippen molar-refractivity contribution in [1.82, 2.24) is 4.98 Å². The molecule has 0 bridgehead atoms. The average Bonchev–Trinajstić information content (AvgIpc) is 2.72. The number of pyridine rings is 1. The van der Waals surface area contributed by atoms with E-state index in [1.807, 2.05) is 6.07 Å². The first-order valence-electron chi connectivity index (χ1n) is 8.08. The summed E-state index contributed by atoms with van der Waals surface area (Å²) in [6.07, 6.45) is 1.44. The van der Waals surface area contributed by atoms with Gasteiger partial charge < -0.3 is 5.11 Å². The molecule has 0 amide bonds.